The Kier molecular flexibility index (Phi) is 4.04. The van der Waals surface area contributed by atoms with E-state index in [-0.39, 0.29) is 30.3 Å². The highest BCUT2D eigenvalue weighted by molar-refractivity contribution is 5.67. The second kappa shape index (κ2) is 5.86. The Bertz CT molecular complexity index is 773. The van der Waals surface area contributed by atoms with Gasteiger partial charge in [0.1, 0.15) is 18.3 Å². The number of imidazole rings is 1. The summed E-state index contributed by atoms with van der Waals surface area (Å²) < 4.78 is 8.23. The number of nitrogens with zero attached hydrogens (tertiary/aromatic N) is 3. The average molecular weight is 328 g/mol. The van der Waals surface area contributed by atoms with Crippen LogP contribution in [0.4, 0.5) is 5.95 Å². The summed E-state index contributed by atoms with van der Waals surface area (Å²) in [5, 5.41) is 38.3. The van der Waals surface area contributed by atoms with Gasteiger partial charge in [0.15, 0.2) is 6.33 Å². The minimum absolute atomic E-state index is 0.118. The first-order valence-electron chi connectivity index (χ1n) is 7.01. The zero-order valence-corrected chi connectivity index (χ0v) is 12.0. The van der Waals surface area contributed by atoms with Crippen molar-refractivity contribution in [2.24, 2.45) is 0 Å². The van der Waals surface area contributed by atoms with Crippen LogP contribution in [0.25, 0.3) is 11.2 Å². The Hall–Kier alpha value is -2.05. The lowest BCUT2D eigenvalue weighted by Gasteiger charge is -2.12. The highest BCUT2D eigenvalue weighted by atomic mass is 16.6. The fourth-order valence-electron chi connectivity index (χ4n) is 2.75. The Morgan fingerprint density at radius 2 is 2.13 bits per heavy atom. The second-order valence-corrected chi connectivity index (χ2v) is 5.29. The number of nitrogens with one attached hydrogen (secondary N) is 1. The maximum Gasteiger partial charge on any atom is 0.313 e. The van der Waals surface area contributed by atoms with Gasteiger partial charge in [0.2, 0.25) is 11.7 Å². The van der Waals surface area contributed by atoms with Gasteiger partial charge in [-0.05, 0) is 0 Å². The molecular weight excluding hydrogens is 310 g/mol. The third kappa shape index (κ3) is 2.48. The molecule has 0 spiro atoms. The van der Waals surface area contributed by atoms with Crippen LogP contribution in [-0.4, -0.2) is 66.5 Å². The number of aliphatic hydroxyl groups excluding tert-OH is 4. The van der Waals surface area contributed by atoms with Crippen LogP contribution >= 0.6 is 0 Å². The summed E-state index contributed by atoms with van der Waals surface area (Å²) in [7, 11) is 0. The number of fused-ring (bicyclic) bond motifs is 1. The zero-order chi connectivity index (χ0) is 16.7. The van der Waals surface area contributed by atoms with E-state index in [9.17, 15) is 20.1 Å². The number of anilines is 1. The SMILES string of the molecule is Nc1nc2c(c(=O)[nH]1)n(CCO)c[n+]2C1O[C@H](CO)[C@@H](O)[C@H]1O. The first-order chi connectivity index (χ1) is 11.0. The molecular formula is C12H18N5O6+. The number of aliphatic hydroxyl groups is 4. The van der Waals surface area contributed by atoms with Crippen molar-refractivity contribution >= 4 is 17.1 Å². The molecule has 1 fully saturated rings. The minimum atomic E-state index is -1.33. The van der Waals surface area contributed by atoms with Gasteiger partial charge >= 0.3 is 5.65 Å². The van der Waals surface area contributed by atoms with E-state index in [0.717, 1.165) is 0 Å². The summed E-state index contributed by atoms with van der Waals surface area (Å²) in [6, 6.07) is 0. The zero-order valence-electron chi connectivity index (χ0n) is 12.0. The number of ether oxygens (including phenoxy) is 1. The smallest absolute Gasteiger partial charge is 0.313 e. The number of rotatable bonds is 4. The van der Waals surface area contributed by atoms with Gasteiger partial charge in [-0.1, -0.05) is 4.98 Å². The molecule has 4 atom stereocenters. The number of nitrogen functional groups attached to an aromatic ring is 1. The van der Waals surface area contributed by atoms with Crippen LogP contribution in [0.2, 0.25) is 0 Å². The van der Waals surface area contributed by atoms with Crippen LogP contribution in [0.5, 0.6) is 0 Å². The Balaban J connectivity index is 2.16. The van der Waals surface area contributed by atoms with Crippen molar-refractivity contribution in [2.75, 3.05) is 18.9 Å². The van der Waals surface area contributed by atoms with Gasteiger partial charge in [-0.3, -0.25) is 14.3 Å². The van der Waals surface area contributed by atoms with Crippen LogP contribution in [-0.2, 0) is 11.3 Å². The molecule has 126 valence electrons. The van der Waals surface area contributed by atoms with Crippen molar-refractivity contribution in [3.8, 4) is 0 Å². The number of hydrogen-bond donors (Lipinski definition) is 6. The van der Waals surface area contributed by atoms with E-state index in [4.69, 9.17) is 15.6 Å². The molecule has 0 saturated carbocycles. The number of hydrogen-bond acceptors (Lipinski definition) is 8. The Labute approximate surface area is 129 Å². The predicted molar refractivity (Wildman–Crippen MR) is 75.1 cm³/mol. The molecule has 3 heterocycles. The molecule has 0 bridgehead atoms. The van der Waals surface area contributed by atoms with E-state index >= 15 is 0 Å². The average Bonchev–Trinajstić information content (AvgIpc) is 2.99. The van der Waals surface area contributed by atoms with Crippen LogP contribution < -0.4 is 15.9 Å². The van der Waals surface area contributed by atoms with Gasteiger partial charge in [-0.25, -0.2) is 4.57 Å². The summed E-state index contributed by atoms with van der Waals surface area (Å²) in [5.74, 6) is -0.121. The molecule has 11 nitrogen and oxygen atoms in total. The van der Waals surface area contributed by atoms with Gasteiger partial charge in [-0.15, -0.1) is 0 Å². The lowest BCUT2D eigenvalue weighted by atomic mass is 10.1. The van der Waals surface area contributed by atoms with Gasteiger partial charge in [-0.2, -0.15) is 0 Å². The van der Waals surface area contributed by atoms with Crippen molar-refractivity contribution in [1.29, 1.82) is 0 Å². The van der Waals surface area contributed by atoms with Crippen molar-refractivity contribution in [3.05, 3.63) is 16.7 Å². The quantitative estimate of drug-likeness (QED) is 0.310. The summed E-state index contributed by atoms with van der Waals surface area (Å²) in [5.41, 5.74) is 5.33. The van der Waals surface area contributed by atoms with E-state index in [2.05, 4.69) is 9.97 Å². The third-order valence-electron chi connectivity index (χ3n) is 3.82. The molecule has 7 N–H and O–H groups in total. The summed E-state index contributed by atoms with van der Waals surface area (Å²) >= 11 is 0. The monoisotopic (exact) mass is 328 g/mol. The summed E-state index contributed by atoms with van der Waals surface area (Å²) in [6.45, 7) is -0.572. The number of aromatic nitrogens is 4. The Morgan fingerprint density at radius 1 is 1.39 bits per heavy atom. The highest BCUT2D eigenvalue weighted by Crippen LogP contribution is 2.26. The molecule has 1 aliphatic heterocycles. The fraction of sp³-hybridized carbons (Fsp3) is 0.583. The molecule has 0 amide bonds. The van der Waals surface area contributed by atoms with Gasteiger partial charge in [0, 0.05) is 0 Å². The number of nitrogens with two attached hydrogens (primary N) is 1. The molecule has 1 unspecified atom stereocenters. The fourth-order valence-corrected chi connectivity index (χ4v) is 2.75. The second-order valence-electron chi connectivity index (χ2n) is 5.29. The molecule has 0 aliphatic carbocycles. The standard InChI is InChI=1S/C12H17N5O6/c13-12-14-9-6(10(22)15-12)16(1-2-18)4-17(9)11-8(21)7(20)5(3-19)23-11/h4-5,7-8,11,18-21H,1-3H2,(H2-,13,14,15,22)/p+1/t5-,7-,8-,11?/m1/s1. The summed E-state index contributed by atoms with van der Waals surface area (Å²) in [4.78, 5) is 18.5. The van der Waals surface area contributed by atoms with E-state index in [1.54, 1.807) is 0 Å². The van der Waals surface area contributed by atoms with Gasteiger partial charge in [0.25, 0.3) is 11.5 Å². The normalized spacial score (nSPS) is 27.8. The van der Waals surface area contributed by atoms with Crippen molar-refractivity contribution in [1.82, 2.24) is 14.5 Å². The molecule has 0 radical (unpaired) electrons. The van der Waals surface area contributed by atoms with Gasteiger partial charge in [0.05, 0.1) is 19.8 Å². The minimum Gasteiger partial charge on any atom is -0.394 e. The highest BCUT2D eigenvalue weighted by Gasteiger charge is 2.46. The maximum absolute atomic E-state index is 12.1. The maximum atomic E-state index is 12.1. The molecule has 11 heteroatoms. The van der Waals surface area contributed by atoms with E-state index in [0.29, 0.717) is 0 Å². The molecule has 3 rings (SSSR count). The predicted octanol–water partition coefficient (Wildman–Crippen LogP) is -3.80. The molecule has 23 heavy (non-hydrogen) atoms. The molecule has 2 aromatic rings. The topological polar surface area (TPSA) is 171 Å². The molecule has 1 saturated heterocycles. The lowest BCUT2D eigenvalue weighted by molar-refractivity contribution is -0.746. The summed E-state index contributed by atoms with van der Waals surface area (Å²) in [6.07, 6.45) is -3.19. The van der Waals surface area contributed by atoms with E-state index in [1.807, 2.05) is 0 Å². The van der Waals surface area contributed by atoms with Gasteiger partial charge < -0.3 is 30.9 Å². The van der Waals surface area contributed by atoms with Crippen molar-refractivity contribution in [3.63, 3.8) is 0 Å². The van der Waals surface area contributed by atoms with Crippen molar-refractivity contribution < 1.29 is 29.7 Å². The Morgan fingerprint density at radius 3 is 2.74 bits per heavy atom. The van der Waals surface area contributed by atoms with Crippen LogP contribution in [0.3, 0.4) is 0 Å². The first-order valence-corrected chi connectivity index (χ1v) is 7.01. The molecule has 1 aliphatic rings. The third-order valence-corrected chi connectivity index (χ3v) is 3.82. The van der Waals surface area contributed by atoms with Crippen molar-refractivity contribution in [2.45, 2.75) is 31.1 Å². The van der Waals surface area contributed by atoms with Crippen LogP contribution in [0, 0.1) is 0 Å². The number of H-pyrrole nitrogens is 1. The molecule has 2 aromatic heterocycles. The van der Waals surface area contributed by atoms with Crippen LogP contribution in [0.15, 0.2) is 11.1 Å². The molecule has 0 aromatic carbocycles. The largest absolute Gasteiger partial charge is 0.394 e. The van der Waals surface area contributed by atoms with E-state index in [1.165, 1.54) is 15.5 Å². The lowest BCUT2D eigenvalue weighted by Crippen LogP contribution is -2.46. The van der Waals surface area contributed by atoms with E-state index < -0.39 is 36.7 Å². The first kappa shape index (κ1) is 15.8. The van der Waals surface area contributed by atoms with Crippen LogP contribution in [0.1, 0.15) is 6.23 Å². The number of aromatic amines is 1.